The van der Waals surface area contributed by atoms with Crippen molar-refractivity contribution in [2.24, 2.45) is 0 Å². The molecule has 0 saturated heterocycles. The van der Waals surface area contributed by atoms with E-state index in [9.17, 15) is 4.79 Å². The number of esters is 1. The Morgan fingerprint density at radius 2 is 1.83 bits per heavy atom. The van der Waals surface area contributed by atoms with Gasteiger partial charge in [-0.05, 0) is 45.9 Å². The van der Waals surface area contributed by atoms with Crippen LogP contribution in [-0.2, 0) is 4.74 Å². The number of rotatable bonds is 6. The Kier molecular flexibility index (Phi) is 5.49. The smallest absolute Gasteiger partial charge is 0.342 e. The van der Waals surface area contributed by atoms with Gasteiger partial charge < -0.3 is 14.2 Å². The molecule has 0 heterocycles. The van der Waals surface area contributed by atoms with Gasteiger partial charge in [0, 0.05) is 0 Å². The molecule has 0 saturated carbocycles. The number of carbonyl (C=O) groups excluding carboxylic acids is 1. The van der Waals surface area contributed by atoms with Crippen molar-refractivity contribution in [1.82, 2.24) is 0 Å². The molecule has 1 rings (SSSR count). The maximum Gasteiger partial charge on any atom is 0.342 e. The zero-order valence-electron chi connectivity index (χ0n) is 11.4. The third-order valence-corrected chi connectivity index (χ3v) is 2.12. The van der Waals surface area contributed by atoms with Crippen LogP contribution in [0, 0.1) is 0 Å². The van der Waals surface area contributed by atoms with Gasteiger partial charge in [0.05, 0.1) is 19.3 Å². The van der Waals surface area contributed by atoms with E-state index in [1.807, 2.05) is 27.7 Å². The van der Waals surface area contributed by atoms with Gasteiger partial charge in [-0.2, -0.15) is 0 Å². The summed E-state index contributed by atoms with van der Waals surface area (Å²) in [7, 11) is 0. The largest absolute Gasteiger partial charge is 0.494 e. The molecule has 0 aliphatic carbocycles. The van der Waals surface area contributed by atoms with Crippen LogP contribution in [0.15, 0.2) is 18.2 Å². The Balaban J connectivity index is 3.02. The van der Waals surface area contributed by atoms with Crippen LogP contribution in [0.5, 0.6) is 11.5 Å². The van der Waals surface area contributed by atoms with Crippen molar-refractivity contribution in [1.29, 1.82) is 0 Å². The Morgan fingerprint density at radius 3 is 2.39 bits per heavy atom. The lowest BCUT2D eigenvalue weighted by atomic mass is 10.2. The van der Waals surface area contributed by atoms with E-state index in [0.717, 1.165) is 0 Å². The van der Waals surface area contributed by atoms with Crippen molar-refractivity contribution in [2.75, 3.05) is 13.2 Å². The molecule has 0 aliphatic rings. The van der Waals surface area contributed by atoms with Crippen molar-refractivity contribution >= 4 is 5.97 Å². The van der Waals surface area contributed by atoms with E-state index < -0.39 is 5.97 Å². The molecule has 4 heteroatoms. The van der Waals surface area contributed by atoms with Crippen molar-refractivity contribution in [2.45, 2.75) is 33.8 Å². The molecular weight excluding hydrogens is 232 g/mol. The highest BCUT2D eigenvalue weighted by atomic mass is 16.5. The van der Waals surface area contributed by atoms with Crippen molar-refractivity contribution < 1.29 is 19.0 Å². The lowest BCUT2D eigenvalue weighted by molar-refractivity contribution is 0.0373. The maximum absolute atomic E-state index is 11.9. The molecule has 1 aromatic rings. The molecule has 0 atom stereocenters. The summed E-state index contributed by atoms with van der Waals surface area (Å²) >= 11 is 0. The van der Waals surface area contributed by atoms with E-state index in [0.29, 0.717) is 30.3 Å². The van der Waals surface area contributed by atoms with E-state index >= 15 is 0 Å². The highest BCUT2D eigenvalue weighted by molar-refractivity contribution is 5.93. The molecular formula is C14H20O4. The van der Waals surface area contributed by atoms with Crippen LogP contribution in [-0.4, -0.2) is 25.3 Å². The Hall–Kier alpha value is -1.71. The third-order valence-electron chi connectivity index (χ3n) is 2.12. The molecule has 0 N–H and O–H groups in total. The minimum atomic E-state index is -0.394. The summed E-state index contributed by atoms with van der Waals surface area (Å²) in [6.45, 7) is 8.43. The second-order valence-corrected chi connectivity index (χ2v) is 3.98. The Labute approximate surface area is 108 Å². The van der Waals surface area contributed by atoms with Gasteiger partial charge >= 0.3 is 5.97 Å². The van der Waals surface area contributed by atoms with E-state index in [4.69, 9.17) is 14.2 Å². The quantitative estimate of drug-likeness (QED) is 0.730. The van der Waals surface area contributed by atoms with Crippen LogP contribution in [0.1, 0.15) is 38.1 Å². The minimum Gasteiger partial charge on any atom is -0.494 e. The summed E-state index contributed by atoms with van der Waals surface area (Å²) < 4.78 is 16.0. The predicted molar refractivity (Wildman–Crippen MR) is 69.3 cm³/mol. The average Bonchev–Trinajstić information content (AvgIpc) is 2.30. The number of hydrogen-bond donors (Lipinski definition) is 0. The van der Waals surface area contributed by atoms with Gasteiger partial charge in [-0.1, -0.05) is 0 Å². The average molecular weight is 252 g/mol. The summed E-state index contributed by atoms with van der Waals surface area (Å²) in [6.07, 6.45) is -0.164. The van der Waals surface area contributed by atoms with Crippen LogP contribution in [0.25, 0.3) is 0 Å². The Morgan fingerprint density at radius 1 is 1.17 bits per heavy atom. The zero-order chi connectivity index (χ0) is 13.5. The van der Waals surface area contributed by atoms with Gasteiger partial charge in [0.1, 0.15) is 17.1 Å². The molecule has 0 aromatic heterocycles. The second kappa shape index (κ2) is 6.89. The molecule has 0 fully saturated rings. The number of benzene rings is 1. The molecule has 0 spiro atoms. The minimum absolute atomic E-state index is 0.164. The van der Waals surface area contributed by atoms with Gasteiger partial charge in [0.2, 0.25) is 0 Å². The van der Waals surface area contributed by atoms with Gasteiger partial charge in [0.25, 0.3) is 0 Å². The fourth-order valence-electron chi connectivity index (χ4n) is 1.48. The van der Waals surface area contributed by atoms with Gasteiger partial charge in [-0.25, -0.2) is 4.79 Å². The van der Waals surface area contributed by atoms with Crippen molar-refractivity contribution in [3.8, 4) is 11.5 Å². The first-order valence-electron chi connectivity index (χ1n) is 6.19. The monoisotopic (exact) mass is 252 g/mol. The summed E-state index contributed by atoms with van der Waals surface area (Å²) in [4.78, 5) is 11.9. The normalized spacial score (nSPS) is 10.3. The van der Waals surface area contributed by atoms with Crippen LogP contribution >= 0.6 is 0 Å². The lowest BCUT2D eigenvalue weighted by Gasteiger charge is -2.13. The molecule has 0 radical (unpaired) electrons. The molecule has 100 valence electrons. The molecule has 0 unspecified atom stereocenters. The predicted octanol–water partition coefficient (Wildman–Crippen LogP) is 3.05. The Bertz CT molecular complexity index is 399. The molecule has 1 aromatic carbocycles. The summed E-state index contributed by atoms with van der Waals surface area (Å²) in [5, 5.41) is 0. The van der Waals surface area contributed by atoms with Crippen molar-refractivity contribution in [3.63, 3.8) is 0 Å². The first-order chi connectivity index (χ1) is 8.58. The van der Waals surface area contributed by atoms with E-state index in [1.54, 1.807) is 18.2 Å². The summed E-state index contributed by atoms with van der Waals surface area (Å²) in [5.41, 5.74) is 0.400. The maximum atomic E-state index is 11.9. The second-order valence-electron chi connectivity index (χ2n) is 3.98. The first kappa shape index (κ1) is 14.4. The van der Waals surface area contributed by atoms with E-state index in [1.165, 1.54) is 0 Å². The topological polar surface area (TPSA) is 44.8 Å². The fourth-order valence-corrected chi connectivity index (χ4v) is 1.48. The zero-order valence-corrected chi connectivity index (χ0v) is 11.4. The molecule has 0 bridgehead atoms. The molecule has 4 nitrogen and oxygen atoms in total. The number of hydrogen-bond acceptors (Lipinski definition) is 4. The first-order valence-corrected chi connectivity index (χ1v) is 6.19. The van der Waals surface area contributed by atoms with Gasteiger partial charge in [-0.3, -0.25) is 0 Å². The van der Waals surface area contributed by atoms with Gasteiger partial charge in [-0.15, -0.1) is 0 Å². The van der Waals surface area contributed by atoms with E-state index in [2.05, 4.69) is 0 Å². The molecule has 0 aliphatic heterocycles. The highest BCUT2D eigenvalue weighted by Gasteiger charge is 2.16. The van der Waals surface area contributed by atoms with E-state index in [-0.39, 0.29) is 6.10 Å². The summed E-state index contributed by atoms with van der Waals surface area (Å²) in [6, 6.07) is 5.16. The van der Waals surface area contributed by atoms with Gasteiger partial charge in [0.15, 0.2) is 0 Å². The molecule has 0 amide bonds. The van der Waals surface area contributed by atoms with Crippen LogP contribution in [0.4, 0.5) is 0 Å². The van der Waals surface area contributed by atoms with Crippen LogP contribution in [0.2, 0.25) is 0 Å². The lowest BCUT2D eigenvalue weighted by Crippen LogP contribution is -2.13. The third kappa shape index (κ3) is 3.95. The number of ether oxygens (including phenoxy) is 3. The molecule has 18 heavy (non-hydrogen) atoms. The standard InChI is InChI=1S/C14H20O4/c1-5-16-11-7-8-13(17-6-2)12(9-11)14(15)18-10(3)4/h7-10H,5-6H2,1-4H3. The summed E-state index contributed by atoms with van der Waals surface area (Å²) in [5.74, 6) is 0.762. The van der Waals surface area contributed by atoms with Crippen LogP contribution < -0.4 is 9.47 Å². The number of carbonyl (C=O) groups is 1. The SMILES string of the molecule is CCOc1ccc(OCC)c(C(=O)OC(C)C)c1. The van der Waals surface area contributed by atoms with Crippen LogP contribution in [0.3, 0.4) is 0 Å². The highest BCUT2D eigenvalue weighted by Crippen LogP contribution is 2.25. The fraction of sp³-hybridized carbons (Fsp3) is 0.500. The van der Waals surface area contributed by atoms with Crippen molar-refractivity contribution in [3.05, 3.63) is 23.8 Å².